The van der Waals surface area contributed by atoms with Gasteiger partial charge in [0.1, 0.15) is 5.82 Å². The standard InChI is InChI=1S/C25H31N3O2/c1-16-7-5-6-8-21(16)18-13-20(14-18)28(19-10-11-19)23(29)17-9-12-22(26-15-17)27-24(30)25(2,3)4/h5-9,12,15,18-20H,10-11,13-14H2,1-4H3,(H,26,27,30). The van der Waals surface area contributed by atoms with E-state index in [9.17, 15) is 9.59 Å². The second-order valence-electron chi connectivity index (χ2n) is 9.76. The molecule has 1 aromatic heterocycles. The summed E-state index contributed by atoms with van der Waals surface area (Å²) in [4.78, 5) is 31.8. The number of amides is 2. The number of aryl methyl sites for hydroxylation is 1. The molecule has 2 fully saturated rings. The fourth-order valence-corrected chi connectivity index (χ4v) is 4.14. The Balaban J connectivity index is 1.42. The van der Waals surface area contributed by atoms with Gasteiger partial charge in [-0.25, -0.2) is 4.98 Å². The minimum absolute atomic E-state index is 0.0620. The maximum absolute atomic E-state index is 13.3. The summed E-state index contributed by atoms with van der Waals surface area (Å²) in [5, 5.41) is 2.81. The Morgan fingerprint density at radius 2 is 1.73 bits per heavy atom. The number of carbonyl (C=O) groups excluding carboxylic acids is 2. The van der Waals surface area contributed by atoms with Gasteiger partial charge < -0.3 is 10.2 Å². The van der Waals surface area contributed by atoms with Crippen LogP contribution in [0.5, 0.6) is 0 Å². The van der Waals surface area contributed by atoms with Crippen molar-refractivity contribution >= 4 is 17.6 Å². The number of benzene rings is 1. The molecule has 5 nitrogen and oxygen atoms in total. The Bertz CT molecular complexity index is 936. The van der Waals surface area contributed by atoms with E-state index in [0.29, 0.717) is 29.4 Å². The highest BCUT2D eigenvalue weighted by Gasteiger charge is 2.44. The van der Waals surface area contributed by atoms with Gasteiger partial charge in [0.2, 0.25) is 5.91 Å². The third-order valence-corrected chi connectivity index (χ3v) is 6.24. The number of hydrogen-bond donors (Lipinski definition) is 1. The minimum Gasteiger partial charge on any atom is -0.333 e. The van der Waals surface area contributed by atoms with Crippen molar-refractivity contribution in [1.29, 1.82) is 0 Å². The monoisotopic (exact) mass is 405 g/mol. The molecule has 1 N–H and O–H groups in total. The maximum Gasteiger partial charge on any atom is 0.255 e. The van der Waals surface area contributed by atoms with Gasteiger partial charge in [0.25, 0.3) is 5.91 Å². The van der Waals surface area contributed by atoms with Crippen molar-refractivity contribution in [1.82, 2.24) is 9.88 Å². The summed E-state index contributed by atoms with van der Waals surface area (Å²) in [6.45, 7) is 7.74. The highest BCUT2D eigenvalue weighted by atomic mass is 16.2. The third-order valence-electron chi connectivity index (χ3n) is 6.24. The summed E-state index contributed by atoms with van der Waals surface area (Å²) in [6.07, 6.45) is 5.82. The van der Waals surface area contributed by atoms with Crippen LogP contribution in [0, 0.1) is 12.3 Å². The van der Waals surface area contributed by atoms with Gasteiger partial charge in [-0.1, -0.05) is 45.0 Å². The zero-order chi connectivity index (χ0) is 21.5. The molecule has 5 heteroatoms. The fraction of sp³-hybridized carbons (Fsp3) is 0.480. The van der Waals surface area contributed by atoms with Crippen LogP contribution in [0.25, 0.3) is 0 Å². The quantitative estimate of drug-likeness (QED) is 0.767. The number of rotatable bonds is 5. The van der Waals surface area contributed by atoms with Crippen molar-refractivity contribution in [2.45, 2.75) is 71.4 Å². The molecular formula is C25H31N3O2. The smallest absolute Gasteiger partial charge is 0.255 e. The zero-order valence-corrected chi connectivity index (χ0v) is 18.3. The Morgan fingerprint density at radius 1 is 1.03 bits per heavy atom. The lowest BCUT2D eigenvalue weighted by Gasteiger charge is -2.44. The maximum atomic E-state index is 13.3. The normalized spacial score (nSPS) is 20.9. The van der Waals surface area contributed by atoms with Crippen molar-refractivity contribution < 1.29 is 9.59 Å². The molecule has 158 valence electrons. The Morgan fingerprint density at radius 3 is 2.30 bits per heavy atom. The van der Waals surface area contributed by atoms with Gasteiger partial charge in [0.05, 0.1) is 5.56 Å². The summed E-state index contributed by atoms with van der Waals surface area (Å²) in [6, 6.07) is 12.7. The van der Waals surface area contributed by atoms with Gasteiger partial charge in [0, 0.05) is 23.7 Å². The second-order valence-corrected chi connectivity index (χ2v) is 9.76. The van der Waals surface area contributed by atoms with Crippen LogP contribution < -0.4 is 5.32 Å². The Hall–Kier alpha value is -2.69. The second kappa shape index (κ2) is 7.86. The first-order chi connectivity index (χ1) is 14.2. The van der Waals surface area contributed by atoms with Gasteiger partial charge in [-0.3, -0.25) is 9.59 Å². The number of anilines is 1. The molecule has 0 aliphatic heterocycles. The van der Waals surface area contributed by atoms with Crippen LogP contribution in [0.4, 0.5) is 5.82 Å². The van der Waals surface area contributed by atoms with Gasteiger partial charge in [0.15, 0.2) is 0 Å². The lowest BCUT2D eigenvalue weighted by Crippen LogP contribution is -2.48. The molecule has 0 atom stereocenters. The number of hydrogen-bond acceptors (Lipinski definition) is 3. The molecular weight excluding hydrogens is 374 g/mol. The van der Waals surface area contributed by atoms with Gasteiger partial charge >= 0.3 is 0 Å². The van der Waals surface area contributed by atoms with E-state index in [0.717, 1.165) is 25.7 Å². The van der Waals surface area contributed by atoms with E-state index in [1.165, 1.54) is 11.1 Å². The van der Waals surface area contributed by atoms with Gasteiger partial charge in [-0.05, 0) is 61.8 Å². The van der Waals surface area contributed by atoms with Crippen LogP contribution in [0.3, 0.4) is 0 Å². The summed E-state index contributed by atoms with van der Waals surface area (Å²) >= 11 is 0. The lowest BCUT2D eigenvalue weighted by atomic mass is 9.73. The van der Waals surface area contributed by atoms with Crippen LogP contribution in [0.15, 0.2) is 42.6 Å². The topological polar surface area (TPSA) is 62.3 Å². The first-order valence-electron chi connectivity index (χ1n) is 10.9. The van der Waals surface area contributed by atoms with Crippen molar-refractivity contribution in [3.05, 3.63) is 59.3 Å². The van der Waals surface area contributed by atoms with Crippen molar-refractivity contribution in [3.63, 3.8) is 0 Å². The average molecular weight is 406 g/mol. The average Bonchev–Trinajstić information content (AvgIpc) is 3.49. The highest BCUT2D eigenvalue weighted by molar-refractivity contribution is 5.96. The summed E-state index contributed by atoms with van der Waals surface area (Å²) < 4.78 is 0. The number of pyridine rings is 1. The van der Waals surface area contributed by atoms with Crippen LogP contribution in [0.2, 0.25) is 0 Å². The predicted octanol–water partition coefficient (Wildman–Crippen LogP) is 4.93. The Labute approximate surface area is 178 Å². The van der Waals surface area contributed by atoms with Crippen LogP contribution in [-0.4, -0.2) is 33.8 Å². The highest BCUT2D eigenvalue weighted by Crippen LogP contribution is 2.44. The molecule has 2 aliphatic carbocycles. The molecule has 1 heterocycles. The van der Waals surface area contributed by atoms with Crippen LogP contribution >= 0.6 is 0 Å². The fourth-order valence-electron chi connectivity index (χ4n) is 4.14. The third kappa shape index (κ3) is 4.25. The van der Waals surface area contributed by atoms with E-state index in [4.69, 9.17) is 0 Å². The molecule has 0 spiro atoms. The number of carbonyl (C=O) groups is 2. The van der Waals surface area contributed by atoms with Crippen LogP contribution in [0.1, 0.15) is 73.9 Å². The van der Waals surface area contributed by atoms with Gasteiger partial charge in [-0.15, -0.1) is 0 Å². The SMILES string of the molecule is Cc1ccccc1C1CC(N(C(=O)c2ccc(NC(=O)C(C)(C)C)nc2)C2CC2)C1. The molecule has 0 bridgehead atoms. The summed E-state index contributed by atoms with van der Waals surface area (Å²) in [7, 11) is 0. The van der Waals surface area contributed by atoms with Gasteiger partial charge in [-0.2, -0.15) is 0 Å². The van der Waals surface area contributed by atoms with E-state index < -0.39 is 5.41 Å². The number of nitrogens with zero attached hydrogens (tertiary/aromatic N) is 2. The molecule has 0 saturated heterocycles. The van der Waals surface area contributed by atoms with Crippen molar-refractivity contribution in [2.75, 3.05) is 5.32 Å². The number of aromatic nitrogens is 1. The molecule has 0 radical (unpaired) electrons. The first-order valence-corrected chi connectivity index (χ1v) is 10.9. The largest absolute Gasteiger partial charge is 0.333 e. The summed E-state index contributed by atoms with van der Waals surface area (Å²) in [5.74, 6) is 0.989. The number of nitrogens with one attached hydrogen (secondary N) is 1. The molecule has 30 heavy (non-hydrogen) atoms. The zero-order valence-electron chi connectivity index (χ0n) is 18.3. The van der Waals surface area contributed by atoms with E-state index in [-0.39, 0.29) is 11.8 Å². The lowest BCUT2D eigenvalue weighted by molar-refractivity contribution is -0.123. The van der Waals surface area contributed by atoms with Crippen molar-refractivity contribution in [3.8, 4) is 0 Å². The molecule has 1 aromatic carbocycles. The first kappa shape index (κ1) is 20.6. The van der Waals surface area contributed by atoms with E-state index in [1.54, 1.807) is 18.3 Å². The van der Waals surface area contributed by atoms with E-state index in [2.05, 4.69) is 46.4 Å². The van der Waals surface area contributed by atoms with E-state index in [1.807, 2.05) is 20.8 Å². The predicted molar refractivity (Wildman–Crippen MR) is 118 cm³/mol. The molecule has 2 saturated carbocycles. The molecule has 2 amide bonds. The minimum atomic E-state index is -0.489. The molecule has 2 aliphatic rings. The molecule has 0 unspecified atom stereocenters. The van der Waals surface area contributed by atoms with E-state index >= 15 is 0 Å². The molecule has 4 rings (SSSR count). The molecule has 2 aromatic rings. The Kier molecular flexibility index (Phi) is 5.39. The van der Waals surface area contributed by atoms with Crippen molar-refractivity contribution in [2.24, 2.45) is 5.41 Å². The van der Waals surface area contributed by atoms with Crippen LogP contribution in [-0.2, 0) is 4.79 Å². The summed E-state index contributed by atoms with van der Waals surface area (Å²) in [5.41, 5.74) is 2.85.